The van der Waals surface area contributed by atoms with Gasteiger partial charge in [0.05, 0.1) is 7.11 Å². The average Bonchev–Trinajstić information content (AvgIpc) is 2.37. The summed E-state index contributed by atoms with van der Waals surface area (Å²) in [5.74, 6) is 0.878. The van der Waals surface area contributed by atoms with E-state index in [1.54, 1.807) is 6.07 Å². The summed E-state index contributed by atoms with van der Waals surface area (Å²) in [7, 11) is 1.46. The van der Waals surface area contributed by atoms with Crippen LogP contribution in [0.25, 0.3) is 0 Å². The molecule has 0 saturated heterocycles. The van der Waals surface area contributed by atoms with Gasteiger partial charge in [0, 0.05) is 12.3 Å². The lowest BCUT2D eigenvalue weighted by Gasteiger charge is -2.37. The number of hydrogen-bond acceptors (Lipinski definition) is 2. The van der Waals surface area contributed by atoms with Gasteiger partial charge in [-0.25, -0.2) is 4.39 Å². The van der Waals surface area contributed by atoms with Crippen molar-refractivity contribution in [2.24, 2.45) is 17.3 Å². The van der Waals surface area contributed by atoms with Crippen molar-refractivity contribution >= 4 is 5.78 Å². The van der Waals surface area contributed by atoms with Crippen LogP contribution in [0.3, 0.4) is 0 Å². The van der Waals surface area contributed by atoms with Crippen molar-refractivity contribution in [3.8, 4) is 5.75 Å². The lowest BCUT2D eigenvalue weighted by molar-refractivity contribution is -0.129. The molecule has 1 saturated carbocycles. The summed E-state index contributed by atoms with van der Waals surface area (Å²) in [6.07, 6.45) is 3.45. The maximum atomic E-state index is 13.8. The highest BCUT2D eigenvalue weighted by atomic mass is 19.1. The molecule has 1 aromatic rings. The summed E-state index contributed by atoms with van der Waals surface area (Å²) in [6, 6.07) is 5.07. The second-order valence-corrected chi connectivity index (χ2v) is 7.04. The van der Waals surface area contributed by atoms with E-state index >= 15 is 0 Å². The van der Waals surface area contributed by atoms with Gasteiger partial charge in [0.1, 0.15) is 5.78 Å². The molecule has 0 heterocycles. The largest absolute Gasteiger partial charge is 0.494 e. The Hall–Kier alpha value is -1.38. The first-order chi connectivity index (χ1) is 9.83. The molecule has 3 heteroatoms. The van der Waals surface area contributed by atoms with Crippen LogP contribution in [0, 0.1) is 23.1 Å². The fourth-order valence-electron chi connectivity index (χ4n) is 3.50. The van der Waals surface area contributed by atoms with Crippen LogP contribution in [-0.4, -0.2) is 12.9 Å². The quantitative estimate of drug-likeness (QED) is 0.821. The first kappa shape index (κ1) is 16.0. The van der Waals surface area contributed by atoms with Crippen LogP contribution in [-0.2, 0) is 11.2 Å². The maximum Gasteiger partial charge on any atom is 0.165 e. The van der Waals surface area contributed by atoms with Gasteiger partial charge >= 0.3 is 0 Å². The van der Waals surface area contributed by atoms with Crippen molar-refractivity contribution in [2.75, 3.05) is 7.11 Å². The van der Waals surface area contributed by atoms with Crippen LogP contribution in [0.5, 0.6) is 5.75 Å². The van der Waals surface area contributed by atoms with E-state index in [0.717, 1.165) is 18.4 Å². The van der Waals surface area contributed by atoms with Gasteiger partial charge < -0.3 is 4.74 Å². The van der Waals surface area contributed by atoms with Crippen LogP contribution in [0.15, 0.2) is 18.2 Å². The summed E-state index contributed by atoms with van der Waals surface area (Å²) in [5.41, 5.74) is 0.780. The van der Waals surface area contributed by atoms with Gasteiger partial charge in [-0.1, -0.05) is 26.8 Å². The molecule has 1 aliphatic carbocycles. The summed E-state index contributed by atoms with van der Waals surface area (Å²) in [4.78, 5) is 12.3. The lowest BCUT2D eigenvalue weighted by atomic mass is 9.66. The van der Waals surface area contributed by atoms with Gasteiger partial charge in [-0.2, -0.15) is 0 Å². The van der Waals surface area contributed by atoms with Crippen molar-refractivity contribution in [3.63, 3.8) is 0 Å². The van der Waals surface area contributed by atoms with E-state index in [2.05, 4.69) is 20.8 Å². The van der Waals surface area contributed by atoms with Crippen LogP contribution >= 0.6 is 0 Å². The molecule has 1 aromatic carbocycles. The summed E-state index contributed by atoms with van der Waals surface area (Å²) in [6.45, 7) is 6.38. The molecule has 2 atom stereocenters. The molecule has 0 amide bonds. The van der Waals surface area contributed by atoms with Gasteiger partial charge in [0.15, 0.2) is 11.6 Å². The van der Waals surface area contributed by atoms with E-state index in [9.17, 15) is 9.18 Å². The van der Waals surface area contributed by atoms with E-state index < -0.39 is 0 Å². The Kier molecular flexibility index (Phi) is 4.70. The SMILES string of the molecule is COc1ccc(CC(C)(C)C2CCC(C)CC2=O)cc1F. The van der Waals surface area contributed by atoms with Gasteiger partial charge in [-0.3, -0.25) is 4.79 Å². The highest BCUT2D eigenvalue weighted by molar-refractivity contribution is 5.82. The second kappa shape index (κ2) is 6.17. The molecule has 0 N–H and O–H groups in total. The third-order valence-corrected chi connectivity index (χ3v) is 4.71. The van der Waals surface area contributed by atoms with Gasteiger partial charge in [-0.05, 0) is 48.3 Å². The van der Waals surface area contributed by atoms with Crippen molar-refractivity contribution in [3.05, 3.63) is 29.6 Å². The predicted molar refractivity (Wildman–Crippen MR) is 81.9 cm³/mol. The lowest BCUT2D eigenvalue weighted by Crippen LogP contribution is -2.36. The zero-order valence-corrected chi connectivity index (χ0v) is 13.4. The van der Waals surface area contributed by atoms with Crippen LogP contribution < -0.4 is 4.74 Å². The molecule has 116 valence electrons. The molecule has 2 rings (SSSR count). The molecule has 0 radical (unpaired) electrons. The third kappa shape index (κ3) is 3.63. The Morgan fingerprint density at radius 3 is 2.62 bits per heavy atom. The third-order valence-electron chi connectivity index (χ3n) is 4.71. The average molecular weight is 292 g/mol. The second-order valence-electron chi connectivity index (χ2n) is 7.04. The minimum absolute atomic E-state index is 0.0823. The number of ketones is 1. The molecule has 0 spiro atoms. The molecule has 1 aliphatic rings. The minimum Gasteiger partial charge on any atom is -0.494 e. The first-order valence-corrected chi connectivity index (χ1v) is 7.68. The zero-order valence-electron chi connectivity index (χ0n) is 13.4. The summed E-state index contributed by atoms with van der Waals surface area (Å²) < 4.78 is 18.7. The molecule has 2 unspecified atom stereocenters. The van der Waals surface area contributed by atoms with Crippen molar-refractivity contribution in [2.45, 2.75) is 46.5 Å². The Balaban J connectivity index is 2.13. The number of benzene rings is 1. The van der Waals surface area contributed by atoms with E-state index in [1.165, 1.54) is 13.2 Å². The molecule has 1 fully saturated rings. The number of ether oxygens (including phenoxy) is 1. The minimum atomic E-state index is -0.339. The molecule has 21 heavy (non-hydrogen) atoms. The van der Waals surface area contributed by atoms with Gasteiger partial charge in [0.25, 0.3) is 0 Å². The zero-order chi connectivity index (χ0) is 15.6. The Labute approximate surface area is 126 Å². The van der Waals surface area contributed by atoms with Gasteiger partial charge in [0.2, 0.25) is 0 Å². The summed E-state index contributed by atoms with van der Waals surface area (Å²) >= 11 is 0. The van der Waals surface area contributed by atoms with E-state index in [-0.39, 0.29) is 22.9 Å². The first-order valence-electron chi connectivity index (χ1n) is 7.68. The fraction of sp³-hybridized carbons (Fsp3) is 0.611. The van der Waals surface area contributed by atoms with E-state index in [4.69, 9.17) is 4.74 Å². The van der Waals surface area contributed by atoms with E-state index in [1.807, 2.05) is 6.07 Å². The van der Waals surface area contributed by atoms with Crippen molar-refractivity contribution < 1.29 is 13.9 Å². The topological polar surface area (TPSA) is 26.3 Å². The smallest absolute Gasteiger partial charge is 0.165 e. The van der Waals surface area contributed by atoms with Crippen LogP contribution in [0.4, 0.5) is 4.39 Å². The monoisotopic (exact) mass is 292 g/mol. The normalized spacial score (nSPS) is 23.2. The highest BCUT2D eigenvalue weighted by Crippen LogP contribution is 2.40. The van der Waals surface area contributed by atoms with Crippen LogP contribution in [0.2, 0.25) is 0 Å². The Morgan fingerprint density at radius 2 is 2.05 bits per heavy atom. The van der Waals surface area contributed by atoms with Crippen LogP contribution in [0.1, 0.15) is 45.6 Å². The number of Topliss-reactive ketones (excluding diaryl/α,β-unsaturated/α-hetero) is 1. The summed E-state index contributed by atoms with van der Waals surface area (Å²) in [5, 5.41) is 0. The Bertz CT molecular complexity index is 522. The predicted octanol–water partition coefficient (Wildman–Crippen LogP) is 4.41. The molecular formula is C18H25FO2. The number of hydrogen-bond donors (Lipinski definition) is 0. The number of carbonyl (C=O) groups excluding carboxylic acids is 1. The number of halogens is 1. The highest BCUT2D eigenvalue weighted by Gasteiger charge is 2.38. The van der Waals surface area contributed by atoms with Crippen molar-refractivity contribution in [1.82, 2.24) is 0 Å². The van der Waals surface area contributed by atoms with E-state index in [0.29, 0.717) is 24.5 Å². The van der Waals surface area contributed by atoms with Gasteiger partial charge in [-0.15, -0.1) is 0 Å². The molecule has 0 bridgehead atoms. The fourth-order valence-corrected chi connectivity index (χ4v) is 3.50. The standard InChI is InChI=1S/C18H25FO2/c1-12-5-7-14(16(20)9-12)18(2,3)11-13-6-8-17(21-4)15(19)10-13/h6,8,10,12,14H,5,7,9,11H2,1-4H3. The maximum absolute atomic E-state index is 13.8. The molecular weight excluding hydrogens is 267 g/mol. The molecule has 0 aliphatic heterocycles. The number of rotatable bonds is 4. The molecule has 0 aromatic heterocycles. The van der Waals surface area contributed by atoms with Crippen molar-refractivity contribution in [1.29, 1.82) is 0 Å². The number of carbonyl (C=O) groups is 1. The molecule has 2 nitrogen and oxygen atoms in total. The number of methoxy groups -OCH3 is 1. The Morgan fingerprint density at radius 1 is 1.33 bits per heavy atom.